The van der Waals surface area contributed by atoms with Gasteiger partial charge in [0.1, 0.15) is 17.3 Å². The molecule has 2 aromatic rings. The number of hydrogen-bond donors (Lipinski definition) is 3. The standard InChI is InChI=1S/C26H32FN5O3/c1-13(33)30-17-6-14-4-16(5-15(14)7-17)25(35)31-23-9-18(20(27)11-29-23)19-8-21(24(28)34)32-12-26(2,3)10-22(19)32/h8-9,11,14-17H,4-7,10,12H2,1-3H3,(H2,28,34)(H,30,33)(H,29,31,35)/t14-,15+,16-,17+. The predicted molar refractivity (Wildman–Crippen MR) is 129 cm³/mol. The zero-order valence-corrected chi connectivity index (χ0v) is 20.4. The summed E-state index contributed by atoms with van der Waals surface area (Å²) in [5, 5.41) is 5.88. The second kappa shape index (κ2) is 8.46. The lowest BCUT2D eigenvalue weighted by Crippen LogP contribution is -2.31. The zero-order chi connectivity index (χ0) is 25.1. The zero-order valence-electron chi connectivity index (χ0n) is 20.4. The average Bonchev–Trinajstić information content (AvgIpc) is 3.46. The summed E-state index contributed by atoms with van der Waals surface area (Å²) >= 11 is 0. The van der Waals surface area contributed by atoms with E-state index in [1.54, 1.807) is 12.1 Å². The minimum atomic E-state index is -0.550. The number of rotatable bonds is 5. The molecule has 3 amide bonds. The molecule has 2 aliphatic carbocycles. The van der Waals surface area contributed by atoms with E-state index in [2.05, 4.69) is 29.5 Å². The lowest BCUT2D eigenvalue weighted by molar-refractivity contribution is -0.121. The maximum atomic E-state index is 14.9. The van der Waals surface area contributed by atoms with Gasteiger partial charge in [-0.25, -0.2) is 9.37 Å². The van der Waals surface area contributed by atoms with E-state index in [1.807, 2.05) is 4.57 Å². The summed E-state index contributed by atoms with van der Waals surface area (Å²) in [6, 6.07) is 3.38. The summed E-state index contributed by atoms with van der Waals surface area (Å²) in [7, 11) is 0. The maximum Gasteiger partial charge on any atom is 0.265 e. The lowest BCUT2D eigenvalue weighted by Gasteiger charge is -2.16. The van der Waals surface area contributed by atoms with Crippen LogP contribution < -0.4 is 16.4 Å². The summed E-state index contributed by atoms with van der Waals surface area (Å²) in [6.45, 7) is 6.35. The topological polar surface area (TPSA) is 119 Å². The highest BCUT2D eigenvalue weighted by molar-refractivity contribution is 5.95. The van der Waals surface area contributed by atoms with Crippen molar-refractivity contribution in [2.24, 2.45) is 28.9 Å². The van der Waals surface area contributed by atoms with Crippen LogP contribution in [0, 0.1) is 29.0 Å². The third kappa shape index (κ3) is 4.44. The first kappa shape index (κ1) is 23.5. The Labute approximate surface area is 203 Å². The number of amides is 3. The number of halogens is 1. The molecule has 4 N–H and O–H groups in total. The minimum Gasteiger partial charge on any atom is -0.364 e. The van der Waals surface area contributed by atoms with Gasteiger partial charge in [-0.2, -0.15) is 0 Å². The summed E-state index contributed by atoms with van der Waals surface area (Å²) in [6.07, 6.45) is 5.18. The van der Waals surface area contributed by atoms with Gasteiger partial charge < -0.3 is 20.9 Å². The molecule has 9 heteroatoms. The molecule has 1 aliphatic heterocycles. The van der Waals surface area contributed by atoms with Crippen LogP contribution >= 0.6 is 0 Å². The normalized spacial score (nSPS) is 26.3. The number of aromatic nitrogens is 2. The fourth-order valence-corrected chi connectivity index (χ4v) is 6.51. The molecule has 5 rings (SSSR count). The summed E-state index contributed by atoms with van der Waals surface area (Å²) < 4.78 is 16.8. The molecule has 186 valence electrons. The van der Waals surface area contributed by atoms with E-state index in [4.69, 9.17) is 5.73 Å². The van der Waals surface area contributed by atoms with Gasteiger partial charge in [-0.05, 0) is 61.5 Å². The first-order valence-corrected chi connectivity index (χ1v) is 12.3. The molecule has 0 bridgehead atoms. The first-order chi connectivity index (χ1) is 16.5. The van der Waals surface area contributed by atoms with Gasteiger partial charge in [-0.1, -0.05) is 13.8 Å². The van der Waals surface area contributed by atoms with Crippen LogP contribution in [0.3, 0.4) is 0 Å². The van der Waals surface area contributed by atoms with Gasteiger partial charge in [0.2, 0.25) is 11.8 Å². The summed E-state index contributed by atoms with van der Waals surface area (Å²) in [5.41, 5.74) is 7.65. The molecule has 2 aromatic heterocycles. The van der Waals surface area contributed by atoms with E-state index < -0.39 is 11.7 Å². The lowest BCUT2D eigenvalue weighted by atomic mass is 9.89. The first-order valence-electron chi connectivity index (χ1n) is 12.3. The third-order valence-electron chi connectivity index (χ3n) is 7.88. The largest absolute Gasteiger partial charge is 0.364 e. The highest BCUT2D eigenvalue weighted by Crippen LogP contribution is 2.47. The number of nitrogens with zero attached hydrogens (tertiary/aromatic N) is 2. The fourth-order valence-electron chi connectivity index (χ4n) is 6.51. The van der Waals surface area contributed by atoms with Crippen molar-refractivity contribution in [2.45, 2.75) is 65.5 Å². The highest BCUT2D eigenvalue weighted by Gasteiger charge is 2.44. The van der Waals surface area contributed by atoms with Gasteiger partial charge in [-0.15, -0.1) is 0 Å². The van der Waals surface area contributed by atoms with Crippen molar-refractivity contribution >= 4 is 23.5 Å². The van der Waals surface area contributed by atoms with Crippen LogP contribution in [0.2, 0.25) is 0 Å². The van der Waals surface area contributed by atoms with Crippen LogP contribution in [0.15, 0.2) is 18.3 Å². The number of nitrogens with two attached hydrogens (primary N) is 1. The van der Waals surface area contributed by atoms with Crippen molar-refractivity contribution in [3.8, 4) is 11.1 Å². The Morgan fingerprint density at radius 1 is 1.11 bits per heavy atom. The van der Waals surface area contributed by atoms with E-state index in [0.717, 1.165) is 37.6 Å². The molecule has 2 fully saturated rings. The number of anilines is 1. The molecule has 0 spiro atoms. The SMILES string of the molecule is CC(=O)N[C@@H]1C[C@@H]2C[C@H](C(=O)Nc3cc(-c4cc(C(N)=O)n5c4CC(C)(C)C5)c(F)cn3)C[C@@H]2C1. The molecule has 35 heavy (non-hydrogen) atoms. The molecular weight excluding hydrogens is 449 g/mol. The van der Waals surface area contributed by atoms with Crippen LogP contribution in [0.4, 0.5) is 10.2 Å². The average molecular weight is 482 g/mol. The number of carbonyl (C=O) groups excluding carboxylic acids is 3. The minimum absolute atomic E-state index is 0.0113. The van der Waals surface area contributed by atoms with Gasteiger partial charge in [0.25, 0.3) is 5.91 Å². The number of hydrogen-bond acceptors (Lipinski definition) is 4. The van der Waals surface area contributed by atoms with Crippen LogP contribution in [0.1, 0.15) is 62.6 Å². The molecule has 0 unspecified atom stereocenters. The highest BCUT2D eigenvalue weighted by atomic mass is 19.1. The molecule has 0 aromatic carbocycles. The molecular formula is C26H32FN5O3. The smallest absolute Gasteiger partial charge is 0.265 e. The second-order valence-electron chi connectivity index (χ2n) is 11.3. The Morgan fingerprint density at radius 2 is 1.80 bits per heavy atom. The molecule has 8 nitrogen and oxygen atoms in total. The number of carbonyl (C=O) groups is 3. The van der Waals surface area contributed by atoms with Crippen molar-refractivity contribution in [1.82, 2.24) is 14.9 Å². The molecule has 2 saturated carbocycles. The van der Waals surface area contributed by atoms with E-state index in [9.17, 15) is 18.8 Å². The predicted octanol–water partition coefficient (Wildman–Crippen LogP) is 3.25. The van der Waals surface area contributed by atoms with Crippen molar-refractivity contribution in [1.29, 1.82) is 0 Å². The molecule has 3 aliphatic rings. The summed E-state index contributed by atoms with van der Waals surface area (Å²) in [4.78, 5) is 40.5. The van der Waals surface area contributed by atoms with Crippen LogP contribution in [-0.4, -0.2) is 33.3 Å². The van der Waals surface area contributed by atoms with Crippen LogP contribution in [-0.2, 0) is 22.6 Å². The van der Waals surface area contributed by atoms with Crippen molar-refractivity contribution in [2.75, 3.05) is 5.32 Å². The maximum absolute atomic E-state index is 14.9. The Kier molecular flexibility index (Phi) is 5.68. The van der Waals surface area contributed by atoms with E-state index in [0.29, 0.717) is 41.6 Å². The number of primary amides is 1. The van der Waals surface area contributed by atoms with Crippen LogP contribution in [0.25, 0.3) is 11.1 Å². The Morgan fingerprint density at radius 3 is 2.43 bits per heavy atom. The molecule has 3 heterocycles. The Balaban J connectivity index is 1.33. The number of nitrogens with one attached hydrogen (secondary N) is 2. The number of pyridine rings is 1. The monoisotopic (exact) mass is 481 g/mol. The molecule has 0 saturated heterocycles. The molecule has 4 atom stereocenters. The number of fused-ring (bicyclic) bond motifs is 2. The van der Waals surface area contributed by atoms with E-state index >= 15 is 0 Å². The van der Waals surface area contributed by atoms with Gasteiger partial charge in [0, 0.05) is 42.2 Å². The van der Waals surface area contributed by atoms with Crippen molar-refractivity contribution in [3.05, 3.63) is 35.5 Å². The third-order valence-corrected chi connectivity index (χ3v) is 7.88. The van der Waals surface area contributed by atoms with E-state index in [1.165, 1.54) is 6.92 Å². The van der Waals surface area contributed by atoms with Crippen molar-refractivity contribution < 1.29 is 18.8 Å². The van der Waals surface area contributed by atoms with Gasteiger partial charge in [-0.3, -0.25) is 14.4 Å². The summed E-state index contributed by atoms with van der Waals surface area (Å²) in [5.74, 6) is -0.165. The van der Waals surface area contributed by atoms with E-state index in [-0.39, 0.29) is 35.0 Å². The van der Waals surface area contributed by atoms with Gasteiger partial charge >= 0.3 is 0 Å². The molecule has 0 radical (unpaired) electrons. The second-order valence-corrected chi connectivity index (χ2v) is 11.3. The van der Waals surface area contributed by atoms with Crippen molar-refractivity contribution in [3.63, 3.8) is 0 Å². The fraction of sp³-hybridized carbons (Fsp3) is 0.538. The Bertz CT molecular complexity index is 1210. The van der Waals surface area contributed by atoms with Gasteiger partial charge in [0.05, 0.1) is 6.20 Å². The van der Waals surface area contributed by atoms with Crippen LogP contribution in [0.5, 0.6) is 0 Å². The quantitative estimate of drug-likeness (QED) is 0.607. The Hall–Kier alpha value is -3.23. The van der Waals surface area contributed by atoms with Gasteiger partial charge in [0.15, 0.2) is 0 Å².